The maximum atomic E-state index is 12.3. The third-order valence-corrected chi connectivity index (χ3v) is 4.96. The standard InChI is InChI=1S/C20H20N4O3S/c1-4-6-24-13(2)8-16(14(24)3)9-17(10-21)20(25)26-11-18-22-19(23-27-18)15-5-7-28-12-15/h5,7-9,12H,4,6,11H2,1-3H3/b17-9+. The number of rotatable bonds is 7. The van der Waals surface area contributed by atoms with Gasteiger partial charge in [0.05, 0.1) is 0 Å². The van der Waals surface area contributed by atoms with Gasteiger partial charge in [0.25, 0.3) is 5.89 Å². The molecule has 3 aromatic heterocycles. The Labute approximate surface area is 166 Å². The number of aromatic nitrogens is 3. The first-order valence-electron chi connectivity index (χ1n) is 8.84. The Hall–Kier alpha value is -3.18. The highest BCUT2D eigenvalue weighted by Gasteiger charge is 2.16. The molecule has 0 aliphatic rings. The van der Waals surface area contributed by atoms with E-state index in [2.05, 4.69) is 21.6 Å². The summed E-state index contributed by atoms with van der Waals surface area (Å²) in [6, 6.07) is 5.75. The molecule has 0 aromatic carbocycles. The number of hydrogen-bond acceptors (Lipinski definition) is 7. The first kappa shape index (κ1) is 19.6. The van der Waals surface area contributed by atoms with E-state index in [0.29, 0.717) is 5.82 Å². The zero-order chi connectivity index (χ0) is 20.1. The van der Waals surface area contributed by atoms with Gasteiger partial charge in [0, 0.05) is 28.9 Å². The van der Waals surface area contributed by atoms with Crippen LogP contribution in [-0.4, -0.2) is 20.7 Å². The van der Waals surface area contributed by atoms with Crippen molar-refractivity contribution in [1.82, 2.24) is 14.7 Å². The average molecular weight is 396 g/mol. The van der Waals surface area contributed by atoms with E-state index < -0.39 is 5.97 Å². The fraction of sp³-hybridized carbons (Fsp3) is 0.300. The van der Waals surface area contributed by atoms with Crippen LogP contribution in [0.15, 0.2) is 33.0 Å². The molecule has 0 atom stereocenters. The summed E-state index contributed by atoms with van der Waals surface area (Å²) in [4.78, 5) is 16.5. The van der Waals surface area contributed by atoms with Crippen LogP contribution in [0.2, 0.25) is 0 Å². The molecular weight excluding hydrogens is 376 g/mol. The van der Waals surface area contributed by atoms with Gasteiger partial charge in [-0.25, -0.2) is 4.79 Å². The number of esters is 1. The van der Waals surface area contributed by atoms with Gasteiger partial charge in [0.2, 0.25) is 5.82 Å². The monoisotopic (exact) mass is 396 g/mol. The van der Waals surface area contributed by atoms with Gasteiger partial charge in [-0.1, -0.05) is 12.1 Å². The minimum atomic E-state index is -0.724. The number of ether oxygens (including phenoxy) is 1. The van der Waals surface area contributed by atoms with Gasteiger partial charge < -0.3 is 13.8 Å². The van der Waals surface area contributed by atoms with Crippen molar-refractivity contribution in [2.45, 2.75) is 40.3 Å². The minimum absolute atomic E-state index is 0.0747. The summed E-state index contributed by atoms with van der Waals surface area (Å²) in [5.74, 6) is -0.113. The molecule has 3 aromatic rings. The van der Waals surface area contributed by atoms with Crippen LogP contribution >= 0.6 is 11.3 Å². The summed E-state index contributed by atoms with van der Waals surface area (Å²) in [6.45, 7) is 6.78. The third-order valence-electron chi connectivity index (χ3n) is 4.27. The first-order chi connectivity index (χ1) is 13.5. The van der Waals surface area contributed by atoms with Gasteiger partial charge in [-0.2, -0.15) is 21.6 Å². The van der Waals surface area contributed by atoms with E-state index in [4.69, 9.17) is 9.26 Å². The molecule has 0 N–H and O–H groups in total. The number of nitriles is 1. The topological polar surface area (TPSA) is 93.9 Å². The summed E-state index contributed by atoms with van der Waals surface area (Å²) in [5.41, 5.74) is 3.69. The summed E-state index contributed by atoms with van der Waals surface area (Å²) < 4.78 is 12.4. The van der Waals surface area contributed by atoms with E-state index in [1.165, 1.54) is 11.3 Å². The maximum absolute atomic E-state index is 12.3. The van der Waals surface area contributed by atoms with E-state index in [1.54, 1.807) is 6.08 Å². The highest BCUT2D eigenvalue weighted by molar-refractivity contribution is 7.08. The van der Waals surface area contributed by atoms with Gasteiger partial charge in [-0.05, 0) is 49.4 Å². The van der Waals surface area contributed by atoms with E-state index in [0.717, 1.165) is 35.5 Å². The van der Waals surface area contributed by atoms with Crippen LogP contribution in [-0.2, 0) is 22.7 Å². The lowest BCUT2D eigenvalue weighted by molar-refractivity contribution is -0.140. The van der Waals surface area contributed by atoms with Gasteiger partial charge in [0.15, 0.2) is 6.61 Å². The normalized spacial score (nSPS) is 11.4. The SMILES string of the molecule is CCCn1c(C)cc(/C=C(\C#N)C(=O)OCc2nc(-c3ccsc3)no2)c1C. The van der Waals surface area contributed by atoms with Gasteiger partial charge >= 0.3 is 5.97 Å². The molecule has 0 amide bonds. The van der Waals surface area contributed by atoms with Gasteiger partial charge in [0.1, 0.15) is 11.6 Å². The van der Waals surface area contributed by atoms with E-state index in [-0.39, 0.29) is 18.1 Å². The lowest BCUT2D eigenvalue weighted by Gasteiger charge is -2.07. The van der Waals surface area contributed by atoms with Crippen molar-refractivity contribution < 1.29 is 14.1 Å². The number of aryl methyl sites for hydroxylation is 1. The maximum Gasteiger partial charge on any atom is 0.349 e. The van der Waals surface area contributed by atoms with E-state index in [9.17, 15) is 10.1 Å². The molecule has 144 valence electrons. The molecule has 0 aliphatic heterocycles. The van der Waals surface area contributed by atoms with Gasteiger partial charge in [-0.15, -0.1) is 0 Å². The highest BCUT2D eigenvalue weighted by Crippen LogP contribution is 2.20. The lowest BCUT2D eigenvalue weighted by atomic mass is 10.1. The Morgan fingerprint density at radius 3 is 2.96 bits per heavy atom. The Bertz CT molecular complexity index is 1040. The smallest absolute Gasteiger partial charge is 0.349 e. The van der Waals surface area contributed by atoms with Crippen LogP contribution in [0.4, 0.5) is 0 Å². The molecule has 0 spiro atoms. The third kappa shape index (κ3) is 4.21. The molecule has 0 fully saturated rings. The summed E-state index contributed by atoms with van der Waals surface area (Å²) in [6.07, 6.45) is 2.56. The Morgan fingerprint density at radius 2 is 2.29 bits per heavy atom. The zero-order valence-electron chi connectivity index (χ0n) is 15.9. The molecule has 0 radical (unpaired) electrons. The number of nitrogens with zero attached hydrogens (tertiary/aromatic N) is 4. The predicted octanol–water partition coefficient (Wildman–Crippen LogP) is 4.28. The Morgan fingerprint density at radius 1 is 1.46 bits per heavy atom. The number of thiophene rings is 1. The Balaban J connectivity index is 1.70. The van der Waals surface area contributed by atoms with Crippen LogP contribution in [0.1, 0.15) is 36.2 Å². The molecular formula is C20H20N4O3S. The van der Waals surface area contributed by atoms with Crippen LogP contribution in [0.3, 0.4) is 0 Å². The molecule has 0 aliphatic carbocycles. The highest BCUT2D eigenvalue weighted by atomic mass is 32.1. The lowest BCUT2D eigenvalue weighted by Crippen LogP contribution is -2.07. The van der Waals surface area contributed by atoms with Crippen molar-refractivity contribution in [3.05, 3.63) is 51.3 Å². The fourth-order valence-corrected chi connectivity index (χ4v) is 3.50. The summed E-state index contributed by atoms with van der Waals surface area (Å²) in [5, 5.41) is 17.0. The number of carbonyl (C=O) groups excluding carboxylic acids is 1. The molecule has 0 bridgehead atoms. The molecule has 0 unspecified atom stereocenters. The molecule has 8 heteroatoms. The van der Waals surface area contributed by atoms with Crippen molar-refractivity contribution in [1.29, 1.82) is 5.26 Å². The average Bonchev–Trinajstić information content (AvgIpc) is 3.42. The largest absolute Gasteiger partial charge is 0.451 e. The van der Waals surface area contributed by atoms with Crippen molar-refractivity contribution >= 4 is 23.4 Å². The second-order valence-corrected chi connectivity index (χ2v) is 7.03. The van der Waals surface area contributed by atoms with Crippen LogP contribution in [0, 0.1) is 25.2 Å². The van der Waals surface area contributed by atoms with Crippen molar-refractivity contribution in [2.75, 3.05) is 0 Å². The molecule has 0 saturated carbocycles. The zero-order valence-corrected chi connectivity index (χ0v) is 16.7. The van der Waals surface area contributed by atoms with Crippen molar-refractivity contribution in [3.63, 3.8) is 0 Å². The van der Waals surface area contributed by atoms with Gasteiger partial charge in [-0.3, -0.25) is 0 Å². The van der Waals surface area contributed by atoms with Crippen LogP contribution < -0.4 is 0 Å². The molecule has 7 nitrogen and oxygen atoms in total. The second-order valence-electron chi connectivity index (χ2n) is 6.25. The quantitative estimate of drug-likeness (QED) is 0.336. The number of carbonyl (C=O) groups is 1. The molecule has 3 rings (SSSR count). The number of hydrogen-bond donors (Lipinski definition) is 0. The summed E-state index contributed by atoms with van der Waals surface area (Å²) in [7, 11) is 0. The first-order valence-corrected chi connectivity index (χ1v) is 9.78. The van der Waals surface area contributed by atoms with Crippen LogP contribution in [0.5, 0.6) is 0 Å². The van der Waals surface area contributed by atoms with E-state index in [1.807, 2.05) is 42.8 Å². The predicted molar refractivity (Wildman–Crippen MR) is 105 cm³/mol. The van der Waals surface area contributed by atoms with Crippen LogP contribution in [0.25, 0.3) is 17.5 Å². The van der Waals surface area contributed by atoms with Crippen molar-refractivity contribution in [3.8, 4) is 17.5 Å². The van der Waals surface area contributed by atoms with E-state index >= 15 is 0 Å². The molecule has 0 saturated heterocycles. The second kappa shape index (κ2) is 8.67. The minimum Gasteiger partial charge on any atom is -0.451 e. The molecule has 28 heavy (non-hydrogen) atoms. The van der Waals surface area contributed by atoms with Crippen molar-refractivity contribution in [2.24, 2.45) is 0 Å². The fourth-order valence-electron chi connectivity index (χ4n) is 2.86. The molecule has 3 heterocycles. The summed E-state index contributed by atoms with van der Waals surface area (Å²) >= 11 is 1.52. The Kier molecular flexibility index (Phi) is 6.06.